The van der Waals surface area contributed by atoms with E-state index in [0.717, 1.165) is 48.3 Å². The van der Waals surface area contributed by atoms with Crippen LogP contribution in [0.5, 0.6) is 5.75 Å². The van der Waals surface area contributed by atoms with Crippen molar-refractivity contribution in [1.82, 2.24) is 30.1 Å². The van der Waals surface area contributed by atoms with E-state index in [-0.39, 0.29) is 17.7 Å². The Labute approximate surface area is 216 Å². The molecule has 4 aromatic rings. The highest BCUT2D eigenvalue weighted by Crippen LogP contribution is 2.28. The second kappa shape index (κ2) is 11.2. The molecule has 2 aromatic heterocycles. The number of hydrogen-bond donors (Lipinski definition) is 1. The van der Waals surface area contributed by atoms with Crippen LogP contribution in [0.15, 0.2) is 53.3 Å². The van der Waals surface area contributed by atoms with Gasteiger partial charge in [0.2, 0.25) is 0 Å². The largest absolute Gasteiger partial charge is 0.497 e. The topological polar surface area (TPSA) is 98.2 Å². The Balaban J connectivity index is 1.50. The maximum atomic E-state index is 13.1. The molecule has 1 aliphatic rings. The molecule has 37 heavy (non-hydrogen) atoms. The highest BCUT2D eigenvalue weighted by molar-refractivity contribution is 5.80. The minimum atomic E-state index is -0.0969. The van der Waals surface area contributed by atoms with Gasteiger partial charge in [0.25, 0.3) is 5.56 Å². The van der Waals surface area contributed by atoms with E-state index in [2.05, 4.69) is 63.5 Å². The van der Waals surface area contributed by atoms with E-state index in [9.17, 15) is 4.79 Å². The highest BCUT2D eigenvalue weighted by Gasteiger charge is 2.28. The third-order valence-corrected chi connectivity index (χ3v) is 7.09. The molecule has 2 atom stereocenters. The van der Waals surface area contributed by atoms with Gasteiger partial charge in [-0.15, -0.1) is 5.10 Å². The molecule has 0 aliphatic carbocycles. The van der Waals surface area contributed by atoms with Gasteiger partial charge in [0.15, 0.2) is 5.82 Å². The second-order valence-corrected chi connectivity index (χ2v) is 9.75. The molecule has 194 valence electrons. The Morgan fingerprint density at radius 3 is 2.76 bits per heavy atom. The Morgan fingerprint density at radius 1 is 1.19 bits per heavy atom. The Morgan fingerprint density at radius 2 is 2.03 bits per heavy atom. The average Bonchev–Trinajstić information content (AvgIpc) is 3.59. The third-order valence-electron chi connectivity index (χ3n) is 7.09. The minimum absolute atomic E-state index is 0.0851. The van der Waals surface area contributed by atoms with Crippen LogP contribution in [-0.4, -0.2) is 49.9 Å². The number of ether oxygens (including phenoxy) is 2. The first-order valence-corrected chi connectivity index (χ1v) is 12.9. The summed E-state index contributed by atoms with van der Waals surface area (Å²) < 4.78 is 13.1. The molecular formula is C28H34N6O3. The first-order valence-electron chi connectivity index (χ1n) is 12.9. The van der Waals surface area contributed by atoms with Gasteiger partial charge in [0.1, 0.15) is 5.75 Å². The summed E-state index contributed by atoms with van der Waals surface area (Å²) in [5.74, 6) is 1.55. The molecule has 1 aliphatic heterocycles. The van der Waals surface area contributed by atoms with E-state index in [4.69, 9.17) is 9.47 Å². The van der Waals surface area contributed by atoms with Crippen molar-refractivity contribution in [1.29, 1.82) is 0 Å². The van der Waals surface area contributed by atoms with Crippen molar-refractivity contribution in [3.05, 3.63) is 81.4 Å². The van der Waals surface area contributed by atoms with Crippen LogP contribution in [0, 0.1) is 6.92 Å². The highest BCUT2D eigenvalue weighted by atomic mass is 16.5. The molecule has 2 aromatic carbocycles. The number of pyridine rings is 1. The van der Waals surface area contributed by atoms with Crippen LogP contribution in [0.1, 0.15) is 54.7 Å². The number of aromatic amines is 1. The summed E-state index contributed by atoms with van der Waals surface area (Å²) in [7, 11) is 1.64. The van der Waals surface area contributed by atoms with Crippen molar-refractivity contribution in [2.45, 2.75) is 64.9 Å². The predicted octanol–water partition coefficient (Wildman–Crippen LogP) is 4.16. The van der Waals surface area contributed by atoms with Gasteiger partial charge in [0, 0.05) is 36.2 Å². The first kappa shape index (κ1) is 25.1. The molecule has 1 saturated heterocycles. The lowest BCUT2D eigenvalue weighted by atomic mass is 10.1. The Hall–Kier alpha value is -3.56. The lowest BCUT2D eigenvalue weighted by Crippen LogP contribution is -2.33. The van der Waals surface area contributed by atoms with E-state index >= 15 is 0 Å². The fourth-order valence-corrected chi connectivity index (χ4v) is 5.06. The van der Waals surface area contributed by atoms with Crippen molar-refractivity contribution in [2.75, 3.05) is 13.7 Å². The van der Waals surface area contributed by atoms with Gasteiger partial charge in [0.05, 0.1) is 25.8 Å². The fourth-order valence-electron chi connectivity index (χ4n) is 5.06. The van der Waals surface area contributed by atoms with Crippen molar-refractivity contribution >= 4 is 10.9 Å². The molecule has 0 bridgehead atoms. The zero-order valence-electron chi connectivity index (χ0n) is 21.7. The number of fused-ring (bicyclic) bond motifs is 1. The molecular weight excluding hydrogens is 468 g/mol. The summed E-state index contributed by atoms with van der Waals surface area (Å²) in [5, 5.41) is 13.7. The van der Waals surface area contributed by atoms with Crippen LogP contribution in [-0.2, 0) is 24.4 Å². The van der Waals surface area contributed by atoms with Gasteiger partial charge in [-0.2, -0.15) is 0 Å². The SMILES string of the molecule is CC[C@H](c1nnnn1C[C@@H]1CCCO1)N(Cc1ccc(C)cc1)Cc1cc2cc(OC)ccc2[nH]c1=O. The summed E-state index contributed by atoms with van der Waals surface area (Å²) in [5.41, 5.74) is 3.75. The monoisotopic (exact) mass is 502 g/mol. The van der Waals surface area contributed by atoms with E-state index in [1.165, 1.54) is 11.1 Å². The number of aryl methyl sites for hydroxylation is 1. The van der Waals surface area contributed by atoms with Gasteiger partial charge < -0.3 is 14.5 Å². The smallest absolute Gasteiger partial charge is 0.252 e. The molecule has 0 saturated carbocycles. The number of hydrogen-bond acceptors (Lipinski definition) is 7. The van der Waals surface area contributed by atoms with Crippen LogP contribution in [0.25, 0.3) is 10.9 Å². The van der Waals surface area contributed by atoms with E-state index in [0.29, 0.717) is 25.2 Å². The summed E-state index contributed by atoms with van der Waals surface area (Å²) >= 11 is 0. The number of rotatable bonds is 10. The lowest BCUT2D eigenvalue weighted by Gasteiger charge is -2.30. The number of H-pyrrole nitrogens is 1. The molecule has 0 unspecified atom stereocenters. The molecule has 0 amide bonds. The van der Waals surface area contributed by atoms with Gasteiger partial charge in [-0.25, -0.2) is 4.68 Å². The normalized spacial score (nSPS) is 16.5. The number of tetrazole rings is 1. The summed E-state index contributed by atoms with van der Waals surface area (Å²) in [6, 6.07) is 16.0. The van der Waals surface area contributed by atoms with E-state index in [1.54, 1.807) is 7.11 Å². The molecule has 5 rings (SSSR count). The van der Waals surface area contributed by atoms with Crippen LogP contribution in [0.3, 0.4) is 0 Å². The molecule has 0 radical (unpaired) electrons. The molecule has 3 heterocycles. The van der Waals surface area contributed by atoms with Crippen LogP contribution in [0.2, 0.25) is 0 Å². The van der Waals surface area contributed by atoms with Gasteiger partial charge >= 0.3 is 0 Å². The van der Waals surface area contributed by atoms with Crippen molar-refractivity contribution < 1.29 is 9.47 Å². The molecule has 9 heteroatoms. The van der Waals surface area contributed by atoms with Gasteiger partial charge in [-0.05, 0) is 66.4 Å². The Kier molecular flexibility index (Phi) is 7.62. The van der Waals surface area contributed by atoms with Gasteiger partial charge in [-0.3, -0.25) is 9.69 Å². The van der Waals surface area contributed by atoms with Crippen molar-refractivity contribution in [2.24, 2.45) is 0 Å². The summed E-state index contributed by atoms with van der Waals surface area (Å²) in [6.45, 7) is 6.73. The van der Waals surface area contributed by atoms with Crippen LogP contribution < -0.4 is 10.3 Å². The average molecular weight is 503 g/mol. The molecule has 0 spiro atoms. The summed E-state index contributed by atoms with van der Waals surface area (Å²) in [4.78, 5) is 18.5. The standard InChI is InChI=1S/C28H34N6O3/c1-4-26(27-30-31-32-34(27)18-24-6-5-13-37-24)33(16-20-9-7-19(2)8-10-20)17-22-14-21-15-23(36-3)11-12-25(21)29-28(22)35/h7-12,14-15,24,26H,4-6,13,16-18H2,1-3H3,(H,29,35)/t24-,26+/m0/s1. The second-order valence-electron chi connectivity index (χ2n) is 9.75. The fraction of sp³-hybridized carbons (Fsp3) is 0.429. The van der Waals surface area contributed by atoms with Crippen molar-refractivity contribution in [3.63, 3.8) is 0 Å². The van der Waals surface area contributed by atoms with Crippen LogP contribution >= 0.6 is 0 Å². The van der Waals surface area contributed by atoms with Gasteiger partial charge in [-0.1, -0.05) is 36.8 Å². The number of nitrogens with one attached hydrogen (secondary N) is 1. The number of benzene rings is 2. The number of nitrogens with zero attached hydrogens (tertiary/aromatic N) is 5. The van der Waals surface area contributed by atoms with Crippen molar-refractivity contribution in [3.8, 4) is 5.75 Å². The molecule has 1 fully saturated rings. The predicted molar refractivity (Wildman–Crippen MR) is 141 cm³/mol. The zero-order chi connectivity index (χ0) is 25.8. The number of aromatic nitrogens is 5. The third kappa shape index (κ3) is 5.73. The summed E-state index contributed by atoms with van der Waals surface area (Å²) in [6.07, 6.45) is 2.99. The zero-order valence-corrected chi connectivity index (χ0v) is 21.7. The quantitative estimate of drug-likeness (QED) is 0.348. The van der Waals surface area contributed by atoms with E-state index in [1.807, 2.05) is 28.9 Å². The lowest BCUT2D eigenvalue weighted by molar-refractivity contribution is 0.0888. The molecule has 9 nitrogen and oxygen atoms in total. The Bertz CT molecular complexity index is 1390. The maximum absolute atomic E-state index is 13.1. The van der Waals surface area contributed by atoms with E-state index < -0.39 is 0 Å². The first-order chi connectivity index (χ1) is 18.0. The molecule has 1 N–H and O–H groups in total. The minimum Gasteiger partial charge on any atom is -0.497 e. The number of methoxy groups -OCH3 is 1. The maximum Gasteiger partial charge on any atom is 0.252 e. The van der Waals surface area contributed by atoms with Crippen LogP contribution in [0.4, 0.5) is 0 Å².